The number of halogens is 4. The van der Waals surface area contributed by atoms with Crippen molar-refractivity contribution in [3.63, 3.8) is 0 Å². The Hall–Kier alpha value is -2.68. The minimum atomic E-state index is -4.77. The van der Waals surface area contributed by atoms with Crippen molar-refractivity contribution >= 4 is 33.0 Å². The number of methoxy groups -OCH3 is 1. The van der Waals surface area contributed by atoms with E-state index in [1.807, 2.05) is 12.1 Å². The number of alkyl halides is 3. The molecule has 28 heavy (non-hydrogen) atoms. The van der Waals surface area contributed by atoms with E-state index < -0.39 is 12.1 Å². The van der Waals surface area contributed by atoms with Crippen molar-refractivity contribution in [1.82, 2.24) is 9.78 Å². The van der Waals surface area contributed by atoms with Crippen molar-refractivity contribution < 1.29 is 22.6 Å². The van der Waals surface area contributed by atoms with Gasteiger partial charge in [-0.1, -0.05) is 24.8 Å². The van der Waals surface area contributed by atoms with Gasteiger partial charge in [0.15, 0.2) is 0 Å². The molecule has 0 atom stereocenters. The van der Waals surface area contributed by atoms with E-state index in [0.717, 1.165) is 21.9 Å². The average Bonchev–Trinajstić information content (AvgIpc) is 2.93. The Kier molecular flexibility index (Phi) is 6.95. The first kappa shape index (κ1) is 21.6. The molecule has 0 amide bonds. The highest BCUT2D eigenvalue weighted by molar-refractivity contribution is 9.10. The van der Waals surface area contributed by atoms with Crippen LogP contribution >= 0.6 is 15.9 Å². The molecule has 0 bridgehead atoms. The first-order chi connectivity index (χ1) is 13.1. The molecular formula is C19H19BrF3N3O2. The topological polar surface area (TPSA) is 48.3 Å². The van der Waals surface area contributed by atoms with E-state index in [1.165, 1.54) is 13.2 Å². The van der Waals surface area contributed by atoms with Crippen LogP contribution in [-0.2, 0) is 11.8 Å². The lowest BCUT2D eigenvalue weighted by Gasteiger charge is -2.14. The number of allylic oxidation sites excluding steroid dienone is 4. The summed E-state index contributed by atoms with van der Waals surface area (Å²) in [5.74, 6) is 0.805. The zero-order valence-electron chi connectivity index (χ0n) is 15.5. The molecule has 0 aliphatic carbocycles. The fourth-order valence-electron chi connectivity index (χ4n) is 2.38. The summed E-state index contributed by atoms with van der Waals surface area (Å²) in [4.78, 5) is 0. The van der Waals surface area contributed by atoms with Crippen LogP contribution in [0.5, 0.6) is 5.75 Å². The van der Waals surface area contributed by atoms with E-state index in [1.54, 1.807) is 37.0 Å². The van der Waals surface area contributed by atoms with Gasteiger partial charge in [0.05, 0.1) is 23.5 Å². The highest BCUT2D eigenvalue weighted by Crippen LogP contribution is 2.33. The van der Waals surface area contributed by atoms with E-state index in [-0.39, 0.29) is 0 Å². The lowest BCUT2D eigenvalue weighted by Crippen LogP contribution is -2.11. The maximum Gasteiger partial charge on any atom is 0.573 e. The van der Waals surface area contributed by atoms with Crippen LogP contribution in [0.4, 0.5) is 24.7 Å². The number of anilines is 2. The predicted molar refractivity (Wildman–Crippen MR) is 106 cm³/mol. The molecule has 0 aliphatic heterocycles. The monoisotopic (exact) mass is 457 g/mol. The second-order valence-electron chi connectivity index (χ2n) is 5.60. The molecule has 0 saturated heterocycles. The van der Waals surface area contributed by atoms with Gasteiger partial charge in [-0.3, -0.25) is 4.68 Å². The molecule has 0 unspecified atom stereocenters. The number of ether oxygens (including phenoxy) is 2. The summed E-state index contributed by atoms with van der Waals surface area (Å²) in [6, 6.07) is 5.41. The SMILES string of the molecule is C=C(/C=C\C(=C/C)c1ccc(Nc2c(Br)cnn2C)c(OC)c1)OC(F)(F)F. The Labute approximate surface area is 169 Å². The molecule has 1 N–H and O–H groups in total. The van der Waals surface area contributed by atoms with Gasteiger partial charge in [0.2, 0.25) is 0 Å². The summed E-state index contributed by atoms with van der Waals surface area (Å²) in [6.45, 7) is 5.02. The van der Waals surface area contributed by atoms with Crippen LogP contribution in [0, 0.1) is 0 Å². The molecule has 150 valence electrons. The van der Waals surface area contributed by atoms with Crippen molar-refractivity contribution in [2.75, 3.05) is 12.4 Å². The van der Waals surface area contributed by atoms with Gasteiger partial charge < -0.3 is 14.8 Å². The molecular weight excluding hydrogens is 439 g/mol. The van der Waals surface area contributed by atoms with Crippen LogP contribution < -0.4 is 10.1 Å². The number of nitrogens with zero attached hydrogens (tertiary/aromatic N) is 2. The summed E-state index contributed by atoms with van der Waals surface area (Å²) >= 11 is 3.42. The number of hydrogen-bond acceptors (Lipinski definition) is 4. The third-order valence-electron chi connectivity index (χ3n) is 3.69. The highest BCUT2D eigenvalue weighted by Gasteiger charge is 2.30. The minimum absolute atomic E-state index is 0.502. The first-order valence-corrected chi connectivity index (χ1v) is 8.86. The number of rotatable bonds is 7. The van der Waals surface area contributed by atoms with E-state index in [4.69, 9.17) is 4.74 Å². The first-order valence-electron chi connectivity index (χ1n) is 8.06. The summed E-state index contributed by atoms with van der Waals surface area (Å²) in [5.41, 5.74) is 2.14. The van der Waals surface area contributed by atoms with Crippen molar-refractivity contribution in [3.8, 4) is 5.75 Å². The lowest BCUT2D eigenvalue weighted by molar-refractivity contribution is -0.303. The molecule has 0 radical (unpaired) electrons. The summed E-state index contributed by atoms with van der Waals surface area (Å²) in [7, 11) is 3.33. The molecule has 1 heterocycles. The molecule has 0 saturated carbocycles. The number of benzene rings is 1. The Morgan fingerprint density at radius 3 is 2.57 bits per heavy atom. The second-order valence-corrected chi connectivity index (χ2v) is 6.45. The fraction of sp³-hybridized carbons (Fsp3) is 0.211. The van der Waals surface area contributed by atoms with Crippen molar-refractivity contribution in [2.24, 2.45) is 7.05 Å². The van der Waals surface area contributed by atoms with Gasteiger partial charge in [-0.15, -0.1) is 13.2 Å². The Morgan fingerprint density at radius 2 is 2.04 bits per heavy atom. The molecule has 9 heteroatoms. The van der Waals surface area contributed by atoms with Gasteiger partial charge >= 0.3 is 6.36 Å². The third-order valence-corrected chi connectivity index (χ3v) is 4.27. The minimum Gasteiger partial charge on any atom is -0.495 e. The Bertz CT molecular complexity index is 898. The zero-order chi connectivity index (χ0) is 20.9. The van der Waals surface area contributed by atoms with Gasteiger partial charge in [-0.05, 0) is 52.2 Å². The van der Waals surface area contributed by atoms with E-state index in [9.17, 15) is 13.2 Å². The molecule has 1 aromatic heterocycles. The molecule has 0 fully saturated rings. The van der Waals surface area contributed by atoms with Crippen LogP contribution in [0.3, 0.4) is 0 Å². The van der Waals surface area contributed by atoms with Gasteiger partial charge in [-0.2, -0.15) is 5.10 Å². The van der Waals surface area contributed by atoms with Gasteiger partial charge in [0, 0.05) is 7.05 Å². The highest BCUT2D eigenvalue weighted by atomic mass is 79.9. The van der Waals surface area contributed by atoms with E-state index in [2.05, 4.69) is 37.7 Å². The van der Waals surface area contributed by atoms with Crippen LogP contribution in [0.1, 0.15) is 12.5 Å². The lowest BCUT2D eigenvalue weighted by atomic mass is 10.0. The summed E-state index contributed by atoms with van der Waals surface area (Å²) < 4.78 is 48.4. The van der Waals surface area contributed by atoms with Crippen LogP contribution in [0.25, 0.3) is 5.57 Å². The maximum atomic E-state index is 12.2. The quantitative estimate of drug-likeness (QED) is 0.412. The largest absolute Gasteiger partial charge is 0.573 e. The molecule has 0 aliphatic rings. The van der Waals surface area contributed by atoms with Crippen LogP contribution in [-0.4, -0.2) is 23.3 Å². The predicted octanol–water partition coefficient (Wildman–Crippen LogP) is 5.94. The van der Waals surface area contributed by atoms with Crippen LogP contribution in [0.2, 0.25) is 0 Å². The van der Waals surface area contributed by atoms with Gasteiger partial charge in [-0.25, -0.2) is 0 Å². The van der Waals surface area contributed by atoms with Gasteiger partial charge in [0.25, 0.3) is 0 Å². The normalized spacial score (nSPS) is 12.3. The molecule has 5 nitrogen and oxygen atoms in total. The number of aromatic nitrogens is 2. The summed E-state index contributed by atoms with van der Waals surface area (Å²) in [6.07, 6.45) is 1.31. The average molecular weight is 458 g/mol. The van der Waals surface area contributed by atoms with Crippen molar-refractivity contribution in [2.45, 2.75) is 13.3 Å². The standard InChI is InChI=1S/C19H19BrF3N3O2/c1-5-13(7-6-12(2)28-19(21,22)23)14-8-9-16(17(10-14)27-4)25-18-15(20)11-24-26(18)3/h5-11,25H,2H2,1,3-4H3/b7-6-,13-5+. The van der Waals surface area contributed by atoms with Crippen molar-refractivity contribution in [1.29, 1.82) is 0 Å². The van der Waals surface area contributed by atoms with Crippen molar-refractivity contribution in [3.05, 3.63) is 65.0 Å². The van der Waals surface area contributed by atoms with E-state index >= 15 is 0 Å². The smallest absolute Gasteiger partial charge is 0.495 e. The number of nitrogens with one attached hydrogen (secondary N) is 1. The summed E-state index contributed by atoms with van der Waals surface area (Å²) in [5, 5.41) is 7.37. The molecule has 2 rings (SSSR count). The van der Waals surface area contributed by atoms with Gasteiger partial charge in [0.1, 0.15) is 17.3 Å². The third kappa shape index (κ3) is 5.66. The maximum absolute atomic E-state index is 12.2. The second kappa shape index (κ2) is 9.01. The zero-order valence-corrected chi connectivity index (χ0v) is 17.1. The van der Waals surface area contributed by atoms with Crippen LogP contribution in [0.15, 0.2) is 59.4 Å². The number of hydrogen-bond donors (Lipinski definition) is 1. The Morgan fingerprint density at radius 1 is 1.32 bits per heavy atom. The fourth-order valence-corrected chi connectivity index (χ4v) is 2.82. The Balaban J connectivity index is 2.25. The van der Waals surface area contributed by atoms with E-state index in [0.29, 0.717) is 17.0 Å². The number of aryl methyl sites for hydroxylation is 1. The molecule has 0 spiro atoms. The molecule has 1 aromatic carbocycles. The molecule has 2 aromatic rings.